The summed E-state index contributed by atoms with van der Waals surface area (Å²) in [5.74, 6) is -0.983. The molecule has 0 spiro atoms. The van der Waals surface area contributed by atoms with Gasteiger partial charge in [-0.25, -0.2) is 13.6 Å². The molecule has 0 atom stereocenters. The second kappa shape index (κ2) is 5.18. The molecule has 0 bridgehead atoms. The molecule has 0 aliphatic rings. The van der Waals surface area contributed by atoms with Crippen LogP contribution in [-0.2, 0) is 6.54 Å². The molecule has 0 unspecified atom stereocenters. The standard InChI is InChI=1S/C9H11F2NO2S/c1-5-6(3-12-4-8(10)11)2-7(15-5)9(13)14/h2,8,12H,3-4H2,1H3,(H,13,14). The van der Waals surface area contributed by atoms with Crippen LogP contribution in [0.25, 0.3) is 0 Å². The highest BCUT2D eigenvalue weighted by molar-refractivity contribution is 7.14. The van der Waals surface area contributed by atoms with E-state index in [0.29, 0.717) is 0 Å². The van der Waals surface area contributed by atoms with Crippen LogP contribution < -0.4 is 5.32 Å². The van der Waals surface area contributed by atoms with Gasteiger partial charge >= 0.3 is 5.97 Å². The zero-order chi connectivity index (χ0) is 11.4. The number of nitrogens with one attached hydrogen (secondary N) is 1. The highest BCUT2D eigenvalue weighted by Gasteiger charge is 2.11. The predicted molar refractivity (Wildman–Crippen MR) is 53.7 cm³/mol. The Morgan fingerprint density at radius 2 is 2.33 bits per heavy atom. The zero-order valence-corrected chi connectivity index (χ0v) is 8.91. The smallest absolute Gasteiger partial charge is 0.345 e. The Morgan fingerprint density at radius 3 is 2.80 bits per heavy atom. The van der Waals surface area contributed by atoms with Crippen LogP contribution in [0.3, 0.4) is 0 Å². The lowest BCUT2D eigenvalue weighted by Gasteiger charge is -2.02. The number of aromatic carboxylic acids is 1. The van der Waals surface area contributed by atoms with Crippen LogP contribution >= 0.6 is 11.3 Å². The minimum absolute atomic E-state index is 0.237. The van der Waals surface area contributed by atoms with E-state index in [-0.39, 0.29) is 18.0 Å². The predicted octanol–water partition coefficient (Wildman–Crippen LogP) is 2.11. The summed E-state index contributed by atoms with van der Waals surface area (Å²) in [7, 11) is 0. The Hall–Kier alpha value is -1.01. The van der Waals surface area contributed by atoms with Gasteiger partial charge in [0.25, 0.3) is 6.43 Å². The molecule has 2 N–H and O–H groups in total. The number of hydrogen-bond donors (Lipinski definition) is 2. The van der Waals surface area contributed by atoms with Crippen molar-refractivity contribution < 1.29 is 18.7 Å². The highest BCUT2D eigenvalue weighted by Crippen LogP contribution is 2.21. The fraction of sp³-hybridized carbons (Fsp3) is 0.444. The molecule has 0 aromatic carbocycles. The van der Waals surface area contributed by atoms with Gasteiger partial charge in [-0.15, -0.1) is 11.3 Å². The summed E-state index contributed by atoms with van der Waals surface area (Å²) in [5.41, 5.74) is 0.762. The van der Waals surface area contributed by atoms with E-state index in [0.717, 1.165) is 21.8 Å². The summed E-state index contributed by atoms with van der Waals surface area (Å²) in [6, 6.07) is 1.51. The van der Waals surface area contributed by atoms with E-state index in [9.17, 15) is 13.6 Å². The molecular formula is C9H11F2NO2S. The summed E-state index contributed by atoms with van der Waals surface area (Å²) in [6.45, 7) is 1.67. The number of halogens is 2. The third kappa shape index (κ3) is 3.56. The van der Waals surface area contributed by atoms with E-state index in [4.69, 9.17) is 5.11 Å². The van der Waals surface area contributed by atoms with Crippen LogP contribution in [0.15, 0.2) is 6.07 Å². The molecule has 0 aliphatic heterocycles. The summed E-state index contributed by atoms with van der Waals surface area (Å²) in [5, 5.41) is 11.3. The van der Waals surface area contributed by atoms with Crippen LogP contribution in [0.4, 0.5) is 8.78 Å². The van der Waals surface area contributed by atoms with Gasteiger partial charge in [-0.3, -0.25) is 0 Å². The van der Waals surface area contributed by atoms with E-state index < -0.39 is 12.4 Å². The fourth-order valence-corrected chi connectivity index (χ4v) is 2.00. The van der Waals surface area contributed by atoms with E-state index in [1.165, 1.54) is 6.07 Å². The van der Waals surface area contributed by atoms with Crippen molar-refractivity contribution in [2.75, 3.05) is 6.54 Å². The van der Waals surface area contributed by atoms with Gasteiger partial charge in [-0.1, -0.05) is 0 Å². The van der Waals surface area contributed by atoms with Crippen molar-refractivity contribution in [2.24, 2.45) is 0 Å². The molecule has 0 saturated carbocycles. The number of carboxylic acids is 1. The molecule has 6 heteroatoms. The molecule has 0 saturated heterocycles. The number of thiophene rings is 1. The van der Waals surface area contributed by atoms with E-state index in [1.807, 2.05) is 0 Å². The summed E-state index contributed by atoms with van der Waals surface area (Å²) in [6.07, 6.45) is -2.39. The molecule has 0 aliphatic carbocycles. The lowest BCUT2D eigenvalue weighted by molar-refractivity contribution is 0.0702. The number of hydrogen-bond acceptors (Lipinski definition) is 3. The van der Waals surface area contributed by atoms with Gasteiger partial charge in [0.2, 0.25) is 0 Å². The van der Waals surface area contributed by atoms with Crippen molar-refractivity contribution in [3.63, 3.8) is 0 Å². The topological polar surface area (TPSA) is 49.3 Å². The third-order valence-corrected chi connectivity index (χ3v) is 2.93. The Bertz CT molecular complexity index is 352. The molecule has 1 heterocycles. The van der Waals surface area contributed by atoms with Crippen molar-refractivity contribution in [1.29, 1.82) is 0 Å². The van der Waals surface area contributed by atoms with E-state index in [2.05, 4.69) is 5.32 Å². The second-order valence-corrected chi connectivity index (χ2v) is 4.28. The quantitative estimate of drug-likeness (QED) is 0.821. The number of carboxylic acid groups (broad SMARTS) is 1. The van der Waals surface area contributed by atoms with Gasteiger partial charge in [0, 0.05) is 11.4 Å². The maximum absolute atomic E-state index is 11.8. The van der Waals surface area contributed by atoms with Crippen molar-refractivity contribution >= 4 is 17.3 Å². The minimum atomic E-state index is -2.39. The monoisotopic (exact) mass is 235 g/mol. The molecule has 3 nitrogen and oxygen atoms in total. The molecular weight excluding hydrogens is 224 g/mol. The Kier molecular flexibility index (Phi) is 4.16. The molecule has 1 aromatic rings. The maximum Gasteiger partial charge on any atom is 0.345 e. The summed E-state index contributed by atoms with van der Waals surface area (Å²) < 4.78 is 23.6. The van der Waals surface area contributed by atoms with Gasteiger partial charge in [0.1, 0.15) is 4.88 Å². The number of aryl methyl sites for hydroxylation is 1. The van der Waals surface area contributed by atoms with E-state index >= 15 is 0 Å². The van der Waals surface area contributed by atoms with Crippen molar-refractivity contribution in [3.8, 4) is 0 Å². The van der Waals surface area contributed by atoms with Crippen LogP contribution in [0.1, 0.15) is 20.1 Å². The van der Waals surface area contributed by atoms with Crippen molar-refractivity contribution in [2.45, 2.75) is 19.9 Å². The molecule has 0 amide bonds. The maximum atomic E-state index is 11.8. The summed E-state index contributed by atoms with van der Waals surface area (Å²) in [4.78, 5) is 11.7. The van der Waals surface area contributed by atoms with Crippen LogP contribution in [0.5, 0.6) is 0 Å². The first kappa shape index (κ1) is 12.1. The SMILES string of the molecule is Cc1sc(C(=O)O)cc1CNCC(F)F. The van der Waals surface area contributed by atoms with Crippen LogP contribution in [0, 0.1) is 6.92 Å². The zero-order valence-electron chi connectivity index (χ0n) is 8.09. The minimum Gasteiger partial charge on any atom is -0.477 e. The lowest BCUT2D eigenvalue weighted by Crippen LogP contribution is -2.20. The largest absolute Gasteiger partial charge is 0.477 e. The average Bonchev–Trinajstić information content (AvgIpc) is 2.47. The van der Waals surface area contributed by atoms with Gasteiger partial charge < -0.3 is 10.4 Å². The number of alkyl halides is 2. The third-order valence-electron chi connectivity index (χ3n) is 1.85. The number of rotatable bonds is 5. The first-order valence-electron chi connectivity index (χ1n) is 4.32. The number of carbonyl (C=O) groups is 1. The van der Waals surface area contributed by atoms with E-state index in [1.54, 1.807) is 6.92 Å². The average molecular weight is 235 g/mol. The Labute approximate surface area is 89.7 Å². The first-order valence-corrected chi connectivity index (χ1v) is 5.14. The lowest BCUT2D eigenvalue weighted by atomic mass is 10.2. The molecule has 0 radical (unpaired) electrons. The second-order valence-electron chi connectivity index (χ2n) is 3.02. The van der Waals surface area contributed by atoms with Gasteiger partial charge in [0.05, 0.1) is 6.54 Å². The normalized spacial score (nSPS) is 10.9. The molecule has 15 heavy (non-hydrogen) atoms. The molecule has 0 fully saturated rings. The molecule has 1 aromatic heterocycles. The first-order chi connectivity index (χ1) is 7.00. The van der Waals surface area contributed by atoms with Gasteiger partial charge in [0.15, 0.2) is 0 Å². The van der Waals surface area contributed by atoms with Crippen LogP contribution in [-0.4, -0.2) is 24.0 Å². The molecule has 84 valence electrons. The highest BCUT2D eigenvalue weighted by atomic mass is 32.1. The Morgan fingerprint density at radius 1 is 1.67 bits per heavy atom. The van der Waals surface area contributed by atoms with Gasteiger partial charge in [-0.2, -0.15) is 0 Å². The summed E-state index contributed by atoms with van der Waals surface area (Å²) >= 11 is 1.15. The molecule has 1 rings (SSSR count). The van der Waals surface area contributed by atoms with Crippen molar-refractivity contribution in [1.82, 2.24) is 5.32 Å². The fourth-order valence-electron chi connectivity index (χ4n) is 1.12. The Balaban J connectivity index is 2.57. The van der Waals surface area contributed by atoms with Crippen molar-refractivity contribution in [3.05, 3.63) is 21.4 Å². The van der Waals surface area contributed by atoms with Crippen LogP contribution in [0.2, 0.25) is 0 Å². The van der Waals surface area contributed by atoms with Gasteiger partial charge in [-0.05, 0) is 18.6 Å².